The number of halogens is 4. The highest BCUT2D eigenvalue weighted by molar-refractivity contribution is 5.79. The topological polar surface area (TPSA) is 49.8 Å². The van der Waals surface area contributed by atoms with Gasteiger partial charge in [0, 0.05) is 25.7 Å². The molecule has 8 heteroatoms. The second kappa shape index (κ2) is 7.58. The predicted octanol–water partition coefficient (Wildman–Crippen LogP) is 3.87. The van der Waals surface area contributed by atoms with E-state index in [4.69, 9.17) is 9.84 Å². The van der Waals surface area contributed by atoms with Gasteiger partial charge in [-0.25, -0.2) is 9.18 Å². The second-order valence-electron chi connectivity index (χ2n) is 7.36. The van der Waals surface area contributed by atoms with Crippen LogP contribution in [0, 0.1) is 5.92 Å². The zero-order valence-corrected chi connectivity index (χ0v) is 15.3. The molecule has 1 fully saturated rings. The van der Waals surface area contributed by atoms with Gasteiger partial charge in [0.05, 0.1) is 0 Å². The molecular formula is C20H21F4NO3. The number of carboxylic acids is 1. The van der Waals surface area contributed by atoms with Crippen LogP contribution >= 0.6 is 0 Å². The number of alkyl halides is 4. The molecule has 1 aromatic carbocycles. The monoisotopic (exact) mass is 399 g/mol. The first-order valence-electron chi connectivity index (χ1n) is 8.91. The lowest BCUT2D eigenvalue weighted by molar-refractivity contribution is -0.163. The Morgan fingerprint density at radius 1 is 1.39 bits per heavy atom. The third-order valence-corrected chi connectivity index (χ3v) is 5.01. The maximum Gasteiger partial charge on any atom is 0.409 e. The lowest BCUT2D eigenvalue weighted by atomic mass is 9.83. The zero-order chi connectivity index (χ0) is 20.5. The van der Waals surface area contributed by atoms with Gasteiger partial charge in [-0.3, -0.25) is 4.90 Å². The molecule has 1 heterocycles. The summed E-state index contributed by atoms with van der Waals surface area (Å²) in [6.45, 7) is 2.15. The summed E-state index contributed by atoms with van der Waals surface area (Å²) in [4.78, 5) is 12.6. The maximum atomic E-state index is 13.9. The Morgan fingerprint density at radius 3 is 2.75 bits per heavy atom. The van der Waals surface area contributed by atoms with E-state index in [1.165, 1.54) is 0 Å². The van der Waals surface area contributed by atoms with E-state index in [2.05, 4.69) is 0 Å². The van der Waals surface area contributed by atoms with E-state index >= 15 is 0 Å². The van der Waals surface area contributed by atoms with Crippen LogP contribution in [0.2, 0.25) is 0 Å². The van der Waals surface area contributed by atoms with Crippen molar-refractivity contribution in [2.45, 2.75) is 25.2 Å². The van der Waals surface area contributed by atoms with E-state index in [0.717, 1.165) is 29.2 Å². The van der Waals surface area contributed by atoms with E-state index in [-0.39, 0.29) is 31.7 Å². The number of fused-ring (bicyclic) bond motifs is 1. The summed E-state index contributed by atoms with van der Waals surface area (Å²) in [7, 11) is 0. The van der Waals surface area contributed by atoms with Gasteiger partial charge in [-0.05, 0) is 41.7 Å². The van der Waals surface area contributed by atoms with Crippen LogP contribution in [0.3, 0.4) is 0 Å². The first-order chi connectivity index (χ1) is 13.1. The number of ether oxygens (including phenoxy) is 1. The number of hydrogen-bond acceptors (Lipinski definition) is 3. The number of likely N-dealkylation sites (tertiary alicyclic amines) is 1. The molecule has 1 saturated heterocycles. The van der Waals surface area contributed by atoms with Crippen LogP contribution in [0.4, 0.5) is 17.6 Å². The lowest BCUT2D eigenvalue weighted by Gasteiger charge is -2.42. The Balaban J connectivity index is 1.61. The molecule has 0 aromatic heterocycles. The van der Waals surface area contributed by atoms with Crippen LogP contribution in [-0.4, -0.2) is 54.1 Å². The van der Waals surface area contributed by atoms with E-state index in [0.29, 0.717) is 12.3 Å². The molecule has 0 radical (unpaired) electrons. The van der Waals surface area contributed by atoms with Crippen molar-refractivity contribution in [1.82, 2.24) is 4.90 Å². The second-order valence-corrected chi connectivity index (χ2v) is 7.36. The van der Waals surface area contributed by atoms with Gasteiger partial charge in [0.25, 0.3) is 0 Å². The number of carboxylic acid groups (broad SMARTS) is 1. The first-order valence-corrected chi connectivity index (χ1v) is 8.91. The Hall–Kier alpha value is -2.35. The van der Waals surface area contributed by atoms with Gasteiger partial charge >= 0.3 is 12.1 Å². The van der Waals surface area contributed by atoms with Crippen LogP contribution in [0.15, 0.2) is 35.9 Å². The molecule has 0 unspecified atom stereocenters. The first kappa shape index (κ1) is 20.4. The van der Waals surface area contributed by atoms with Crippen molar-refractivity contribution in [2.75, 3.05) is 26.2 Å². The molecule has 1 aliphatic heterocycles. The Kier molecular flexibility index (Phi) is 5.52. The highest BCUT2D eigenvalue weighted by atomic mass is 19.4. The van der Waals surface area contributed by atoms with Crippen LogP contribution in [0.25, 0.3) is 6.08 Å². The molecule has 0 spiro atoms. The third kappa shape index (κ3) is 4.73. The highest BCUT2D eigenvalue weighted by Gasteiger charge is 2.50. The Bertz CT molecular complexity index is 810. The fraction of sp³-hybridized carbons (Fsp3) is 0.450. The maximum absolute atomic E-state index is 13.9. The Labute approximate surface area is 160 Å². The van der Waals surface area contributed by atoms with Gasteiger partial charge in [-0.2, -0.15) is 13.2 Å². The van der Waals surface area contributed by atoms with E-state index in [1.54, 1.807) is 11.0 Å². The average molecular weight is 399 g/mol. The summed E-state index contributed by atoms with van der Waals surface area (Å²) < 4.78 is 55.5. The van der Waals surface area contributed by atoms with Crippen LogP contribution in [0.1, 0.15) is 18.1 Å². The smallest absolute Gasteiger partial charge is 0.409 e. The molecule has 4 nitrogen and oxygen atoms in total. The molecule has 1 aliphatic carbocycles. The fourth-order valence-electron chi connectivity index (χ4n) is 3.49. The number of aliphatic carboxylic acids is 1. The standard InChI is InChI=1S/C20H21F4NO3/c1-13-7-15-9-17(28-6-2-5-20(22,23)24)4-3-14(15)8-16(13)10-25-11-19(21,12-25)18(26)27/h2-5,8-9,13H,6-7,10-12H2,1H3,(H,26,27)/b5-2+/t13-/m1/s1. The largest absolute Gasteiger partial charge is 0.490 e. The number of rotatable bonds is 6. The number of allylic oxidation sites excluding steroid dienone is 1. The summed E-state index contributed by atoms with van der Waals surface area (Å²) in [6.07, 6.45) is -0.539. The molecule has 2 aliphatic rings. The number of nitrogens with zero attached hydrogens (tertiary/aromatic N) is 1. The average Bonchev–Trinajstić information content (AvgIpc) is 2.56. The SMILES string of the molecule is C[C@@H]1Cc2cc(OC/C=C/C(F)(F)F)ccc2C=C1CN1CC(F)(C(=O)O)C1. The van der Waals surface area contributed by atoms with E-state index < -0.39 is 17.8 Å². The third-order valence-electron chi connectivity index (χ3n) is 5.01. The molecule has 3 rings (SSSR count). The van der Waals surface area contributed by atoms with Gasteiger partial charge in [-0.1, -0.05) is 24.6 Å². The molecule has 0 saturated carbocycles. The van der Waals surface area contributed by atoms with Crippen LogP contribution in [-0.2, 0) is 11.2 Å². The molecule has 1 atom stereocenters. The van der Waals surface area contributed by atoms with Crippen molar-refractivity contribution in [3.05, 3.63) is 47.1 Å². The van der Waals surface area contributed by atoms with E-state index in [1.807, 2.05) is 25.1 Å². The van der Waals surface area contributed by atoms with Crippen LogP contribution in [0.5, 0.6) is 5.75 Å². The minimum atomic E-state index is -4.35. The number of hydrogen-bond donors (Lipinski definition) is 1. The normalized spacial score (nSPS) is 21.8. The number of benzene rings is 1. The van der Waals surface area contributed by atoms with Crippen LogP contribution < -0.4 is 4.74 Å². The van der Waals surface area contributed by atoms with Crippen molar-refractivity contribution in [3.8, 4) is 5.75 Å². The molecular weight excluding hydrogens is 378 g/mol. The molecule has 1 N–H and O–H groups in total. The zero-order valence-electron chi connectivity index (χ0n) is 15.3. The van der Waals surface area contributed by atoms with Crippen molar-refractivity contribution in [1.29, 1.82) is 0 Å². The molecule has 152 valence electrons. The van der Waals surface area contributed by atoms with Crippen molar-refractivity contribution in [3.63, 3.8) is 0 Å². The van der Waals surface area contributed by atoms with E-state index in [9.17, 15) is 22.4 Å². The summed E-state index contributed by atoms with van der Waals surface area (Å²) in [6, 6.07) is 5.36. The van der Waals surface area contributed by atoms with Gasteiger partial charge in [0.1, 0.15) is 12.4 Å². The quantitative estimate of drug-likeness (QED) is 0.583. The summed E-state index contributed by atoms with van der Waals surface area (Å²) in [5.41, 5.74) is 0.962. The fourth-order valence-corrected chi connectivity index (χ4v) is 3.49. The van der Waals surface area contributed by atoms with Crippen molar-refractivity contribution < 1.29 is 32.2 Å². The minimum absolute atomic E-state index is 0.114. The summed E-state index contributed by atoms with van der Waals surface area (Å²) in [5.74, 6) is -0.731. The van der Waals surface area contributed by atoms with Crippen molar-refractivity contribution >= 4 is 12.0 Å². The predicted molar refractivity (Wildman–Crippen MR) is 95.9 cm³/mol. The summed E-state index contributed by atoms with van der Waals surface area (Å²) >= 11 is 0. The lowest BCUT2D eigenvalue weighted by Crippen LogP contribution is -2.63. The molecule has 0 bridgehead atoms. The molecule has 1 aromatic rings. The van der Waals surface area contributed by atoms with Crippen molar-refractivity contribution in [2.24, 2.45) is 5.92 Å². The Morgan fingerprint density at radius 2 is 2.11 bits per heavy atom. The molecule has 28 heavy (non-hydrogen) atoms. The van der Waals surface area contributed by atoms with Gasteiger partial charge in [-0.15, -0.1) is 0 Å². The van der Waals surface area contributed by atoms with Gasteiger partial charge < -0.3 is 9.84 Å². The van der Waals surface area contributed by atoms with Gasteiger partial charge in [0.2, 0.25) is 5.67 Å². The molecule has 0 amide bonds. The number of carbonyl (C=O) groups is 1. The summed E-state index contributed by atoms with van der Waals surface area (Å²) in [5, 5.41) is 8.85. The highest BCUT2D eigenvalue weighted by Crippen LogP contribution is 2.34. The minimum Gasteiger partial charge on any atom is -0.490 e. The van der Waals surface area contributed by atoms with Gasteiger partial charge in [0.15, 0.2) is 0 Å².